The third kappa shape index (κ3) is 2.57. The highest BCUT2D eigenvalue weighted by molar-refractivity contribution is 5.16. The normalized spacial score (nSPS) is 28.3. The highest BCUT2D eigenvalue weighted by atomic mass is 19.1. The van der Waals surface area contributed by atoms with Crippen LogP contribution in [0.4, 0.5) is 4.39 Å². The van der Waals surface area contributed by atoms with Gasteiger partial charge in [-0.25, -0.2) is 4.39 Å². The zero-order valence-corrected chi connectivity index (χ0v) is 10.8. The first-order valence-electron chi connectivity index (χ1n) is 6.93. The molecule has 2 aliphatic rings. The van der Waals surface area contributed by atoms with Crippen molar-refractivity contribution < 1.29 is 4.39 Å². The predicted molar refractivity (Wildman–Crippen MR) is 71.1 cm³/mol. The van der Waals surface area contributed by atoms with Crippen LogP contribution in [0.15, 0.2) is 24.3 Å². The maximum absolute atomic E-state index is 13.1. The molecule has 2 heterocycles. The zero-order chi connectivity index (χ0) is 12.4. The molecule has 0 saturated carbocycles. The average Bonchev–Trinajstić information content (AvgIpc) is 2.98. The fourth-order valence-electron chi connectivity index (χ4n) is 3.34. The second-order valence-electron chi connectivity index (χ2n) is 5.83. The topological polar surface area (TPSA) is 15.3 Å². The SMILES string of the molecule is Fc1cccc(CCN2CCC3(CCNC3)C2)c1. The molecule has 1 aromatic rings. The van der Waals surface area contributed by atoms with E-state index in [2.05, 4.69) is 10.2 Å². The summed E-state index contributed by atoms with van der Waals surface area (Å²) in [5.74, 6) is -0.120. The lowest BCUT2D eigenvalue weighted by molar-refractivity contribution is 0.277. The second kappa shape index (κ2) is 4.98. The van der Waals surface area contributed by atoms with Crippen LogP contribution in [-0.2, 0) is 6.42 Å². The minimum atomic E-state index is -0.120. The van der Waals surface area contributed by atoms with Crippen molar-refractivity contribution in [3.8, 4) is 0 Å². The van der Waals surface area contributed by atoms with E-state index >= 15 is 0 Å². The number of benzene rings is 1. The molecular formula is C15H21FN2. The highest BCUT2D eigenvalue weighted by Crippen LogP contribution is 2.35. The summed E-state index contributed by atoms with van der Waals surface area (Å²) in [5, 5.41) is 3.48. The quantitative estimate of drug-likeness (QED) is 0.881. The predicted octanol–water partition coefficient (Wildman–Crippen LogP) is 2.05. The number of hydrogen-bond acceptors (Lipinski definition) is 2. The van der Waals surface area contributed by atoms with E-state index in [0.29, 0.717) is 5.41 Å². The summed E-state index contributed by atoms with van der Waals surface area (Å²) in [6.07, 6.45) is 3.61. The maximum atomic E-state index is 13.1. The fourth-order valence-corrected chi connectivity index (χ4v) is 3.34. The van der Waals surface area contributed by atoms with E-state index in [9.17, 15) is 4.39 Å². The third-order valence-corrected chi connectivity index (χ3v) is 4.46. The molecule has 3 rings (SSSR count). The van der Waals surface area contributed by atoms with Crippen molar-refractivity contribution in [2.24, 2.45) is 5.41 Å². The molecule has 2 fully saturated rings. The zero-order valence-electron chi connectivity index (χ0n) is 10.8. The lowest BCUT2D eigenvalue weighted by Gasteiger charge is -2.22. The molecule has 0 bridgehead atoms. The van der Waals surface area contributed by atoms with Gasteiger partial charge in [-0.15, -0.1) is 0 Å². The van der Waals surface area contributed by atoms with Crippen molar-refractivity contribution >= 4 is 0 Å². The molecule has 98 valence electrons. The Hall–Kier alpha value is -0.930. The highest BCUT2D eigenvalue weighted by Gasteiger charge is 2.39. The van der Waals surface area contributed by atoms with Gasteiger partial charge in [-0.3, -0.25) is 0 Å². The van der Waals surface area contributed by atoms with Gasteiger partial charge in [0.1, 0.15) is 5.82 Å². The summed E-state index contributed by atoms with van der Waals surface area (Å²) in [6.45, 7) is 5.85. The van der Waals surface area contributed by atoms with Gasteiger partial charge in [0.15, 0.2) is 0 Å². The Morgan fingerprint density at radius 3 is 3.06 bits per heavy atom. The smallest absolute Gasteiger partial charge is 0.123 e. The molecule has 18 heavy (non-hydrogen) atoms. The molecule has 2 aliphatic heterocycles. The Kier molecular flexibility index (Phi) is 3.35. The van der Waals surface area contributed by atoms with Crippen molar-refractivity contribution in [1.29, 1.82) is 0 Å². The summed E-state index contributed by atoms with van der Waals surface area (Å²) in [7, 11) is 0. The first-order valence-corrected chi connectivity index (χ1v) is 6.93. The summed E-state index contributed by atoms with van der Waals surface area (Å²) in [6, 6.07) is 6.99. The maximum Gasteiger partial charge on any atom is 0.123 e. The molecular weight excluding hydrogens is 227 g/mol. The minimum absolute atomic E-state index is 0.120. The van der Waals surface area contributed by atoms with Crippen LogP contribution in [0.2, 0.25) is 0 Å². The fraction of sp³-hybridized carbons (Fsp3) is 0.600. The van der Waals surface area contributed by atoms with Gasteiger partial charge in [0, 0.05) is 19.6 Å². The molecule has 3 heteroatoms. The minimum Gasteiger partial charge on any atom is -0.316 e. The largest absolute Gasteiger partial charge is 0.316 e. The number of hydrogen-bond donors (Lipinski definition) is 1. The van der Waals surface area contributed by atoms with Crippen LogP contribution in [-0.4, -0.2) is 37.6 Å². The van der Waals surface area contributed by atoms with Crippen molar-refractivity contribution in [2.45, 2.75) is 19.3 Å². The Morgan fingerprint density at radius 1 is 1.33 bits per heavy atom. The lowest BCUT2D eigenvalue weighted by Crippen LogP contribution is -2.30. The van der Waals surface area contributed by atoms with Crippen molar-refractivity contribution in [3.63, 3.8) is 0 Å². The Labute approximate surface area is 108 Å². The van der Waals surface area contributed by atoms with Gasteiger partial charge in [0.05, 0.1) is 0 Å². The lowest BCUT2D eigenvalue weighted by atomic mass is 9.87. The van der Waals surface area contributed by atoms with Gasteiger partial charge < -0.3 is 10.2 Å². The van der Waals surface area contributed by atoms with Gasteiger partial charge in [-0.05, 0) is 55.5 Å². The van der Waals surface area contributed by atoms with Crippen LogP contribution in [0.1, 0.15) is 18.4 Å². The van der Waals surface area contributed by atoms with Crippen LogP contribution in [0, 0.1) is 11.2 Å². The van der Waals surface area contributed by atoms with Crippen LogP contribution < -0.4 is 5.32 Å². The molecule has 0 aromatic heterocycles. The van der Waals surface area contributed by atoms with E-state index in [1.807, 2.05) is 6.07 Å². The van der Waals surface area contributed by atoms with Crippen molar-refractivity contribution in [3.05, 3.63) is 35.6 Å². The molecule has 1 N–H and O–H groups in total. The summed E-state index contributed by atoms with van der Waals surface area (Å²) in [5.41, 5.74) is 1.66. The molecule has 1 unspecified atom stereocenters. The number of nitrogens with zero attached hydrogens (tertiary/aromatic N) is 1. The van der Waals surface area contributed by atoms with E-state index in [4.69, 9.17) is 0 Å². The van der Waals surface area contributed by atoms with Crippen molar-refractivity contribution in [2.75, 3.05) is 32.7 Å². The Balaban J connectivity index is 1.52. The van der Waals surface area contributed by atoms with Gasteiger partial charge in [0.25, 0.3) is 0 Å². The molecule has 1 atom stereocenters. The van der Waals surface area contributed by atoms with Crippen LogP contribution in [0.25, 0.3) is 0 Å². The first kappa shape index (κ1) is 12.1. The van der Waals surface area contributed by atoms with E-state index in [1.165, 1.54) is 45.1 Å². The second-order valence-corrected chi connectivity index (χ2v) is 5.83. The van der Waals surface area contributed by atoms with Gasteiger partial charge in [-0.1, -0.05) is 12.1 Å². The van der Waals surface area contributed by atoms with E-state index in [0.717, 1.165) is 18.5 Å². The van der Waals surface area contributed by atoms with Crippen molar-refractivity contribution in [1.82, 2.24) is 10.2 Å². The van der Waals surface area contributed by atoms with Gasteiger partial charge >= 0.3 is 0 Å². The standard InChI is InChI=1S/C15H21FN2/c16-14-3-1-2-13(10-14)4-8-18-9-6-15(12-18)5-7-17-11-15/h1-3,10,17H,4-9,11-12H2. The number of halogens is 1. The average molecular weight is 248 g/mol. The summed E-state index contributed by atoms with van der Waals surface area (Å²) < 4.78 is 13.1. The molecule has 0 amide bonds. The molecule has 2 nitrogen and oxygen atoms in total. The molecule has 1 aromatic carbocycles. The third-order valence-electron chi connectivity index (χ3n) is 4.46. The van der Waals surface area contributed by atoms with Gasteiger partial charge in [-0.2, -0.15) is 0 Å². The number of rotatable bonds is 3. The molecule has 0 radical (unpaired) electrons. The molecule has 2 saturated heterocycles. The summed E-state index contributed by atoms with van der Waals surface area (Å²) in [4.78, 5) is 2.54. The van der Waals surface area contributed by atoms with E-state index in [-0.39, 0.29) is 5.82 Å². The molecule has 1 spiro atoms. The van der Waals surface area contributed by atoms with E-state index in [1.54, 1.807) is 12.1 Å². The van der Waals surface area contributed by atoms with Crippen LogP contribution in [0.5, 0.6) is 0 Å². The van der Waals surface area contributed by atoms with E-state index < -0.39 is 0 Å². The molecule has 0 aliphatic carbocycles. The Bertz CT molecular complexity index is 413. The monoisotopic (exact) mass is 248 g/mol. The summed E-state index contributed by atoms with van der Waals surface area (Å²) >= 11 is 0. The van der Waals surface area contributed by atoms with Gasteiger partial charge in [0.2, 0.25) is 0 Å². The Morgan fingerprint density at radius 2 is 2.28 bits per heavy atom. The van der Waals surface area contributed by atoms with Crippen LogP contribution >= 0.6 is 0 Å². The first-order chi connectivity index (χ1) is 8.76. The number of nitrogens with one attached hydrogen (secondary N) is 1. The van der Waals surface area contributed by atoms with Crippen LogP contribution in [0.3, 0.4) is 0 Å². The number of likely N-dealkylation sites (tertiary alicyclic amines) is 1.